The van der Waals surface area contributed by atoms with Crippen LogP contribution in [0.1, 0.15) is 22.2 Å². The number of pyridine rings is 1. The molecular weight excluding hydrogens is 274 g/mol. The fourth-order valence-corrected chi connectivity index (χ4v) is 3.38. The van der Waals surface area contributed by atoms with E-state index in [1.165, 1.54) is 0 Å². The van der Waals surface area contributed by atoms with Crippen LogP contribution < -0.4 is 4.90 Å². The number of aromatic nitrogens is 1. The average Bonchev–Trinajstić information content (AvgIpc) is 2.94. The van der Waals surface area contributed by atoms with Crippen LogP contribution in [0, 0.1) is 11.3 Å². The molecule has 0 fully saturated rings. The molecule has 0 amide bonds. The summed E-state index contributed by atoms with van der Waals surface area (Å²) in [6.07, 6.45) is 0.801. The van der Waals surface area contributed by atoms with Gasteiger partial charge in [-0.1, -0.05) is 6.07 Å². The Hall–Kier alpha value is -2.39. The number of carboxylic acid groups (broad SMARTS) is 1. The van der Waals surface area contributed by atoms with Crippen LogP contribution in [0.2, 0.25) is 0 Å². The number of thiophene rings is 1. The van der Waals surface area contributed by atoms with E-state index in [1.807, 2.05) is 17.5 Å². The monoisotopic (exact) mass is 285 g/mol. The molecule has 2 aromatic heterocycles. The third kappa shape index (κ3) is 2.02. The van der Waals surface area contributed by atoms with E-state index in [9.17, 15) is 9.90 Å². The van der Waals surface area contributed by atoms with Gasteiger partial charge in [0.15, 0.2) is 6.04 Å². The van der Waals surface area contributed by atoms with Crippen LogP contribution in [-0.4, -0.2) is 22.6 Å². The second kappa shape index (κ2) is 4.94. The van der Waals surface area contributed by atoms with E-state index in [0.717, 1.165) is 16.9 Å². The second-order valence-corrected chi connectivity index (χ2v) is 5.48. The highest BCUT2D eigenvalue weighted by atomic mass is 32.1. The summed E-state index contributed by atoms with van der Waals surface area (Å²) in [5, 5.41) is 20.4. The maximum absolute atomic E-state index is 11.6. The third-order valence-electron chi connectivity index (χ3n) is 3.34. The van der Waals surface area contributed by atoms with Crippen LogP contribution in [0.5, 0.6) is 0 Å². The molecule has 3 heterocycles. The molecule has 0 aromatic carbocycles. The predicted molar refractivity (Wildman–Crippen MR) is 74.7 cm³/mol. The molecule has 0 spiro atoms. The summed E-state index contributed by atoms with van der Waals surface area (Å²) in [4.78, 5) is 18.7. The van der Waals surface area contributed by atoms with Gasteiger partial charge in [0.2, 0.25) is 0 Å². The first-order valence-electron chi connectivity index (χ1n) is 6.13. The van der Waals surface area contributed by atoms with Gasteiger partial charge in [-0.05, 0) is 35.6 Å². The fourth-order valence-electron chi connectivity index (χ4n) is 2.47. The minimum Gasteiger partial charge on any atom is -0.479 e. The molecule has 100 valence electrons. The van der Waals surface area contributed by atoms with Crippen LogP contribution in [0.3, 0.4) is 0 Å². The van der Waals surface area contributed by atoms with E-state index in [0.29, 0.717) is 18.1 Å². The van der Waals surface area contributed by atoms with E-state index >= 15 is 0 Å². The zero-order valence-corrected chi connectivity index (χ0v) is 11.3. The molecule has 1 N–H and O–H groups in total. The van der Waals surface area contributed by atoms with Gasteiger partial charge in [-0.25, -0.2) is 9.78 Å². The lowest BCUT2D eigenvalue weighted by Gasteiger charge is -2.34. The first-order chi connectivity index (χ1) is 9.70. The molecule has 0 saturated heterocycles. The summed E-state index contributed by atoms with van der Waals surface area (Å²) < 4.78 is 0. The molecule has 20 heavy (non-hydrogen) atoms. The van der Waals surface area contributed by atoms with Gasteiger partial charge in [0.05, 0.1) is 0 Å². The lowest BCUT2D eigenvalue weighted by Crippen LogP contribution is -2.39. The van der Waals surface area contributed by atoms with Gasteiger partial charge in [0.25, 0.3) is 0 Å². The zero-order chi connectivity index (χ0) is 14.1. The quantitative estimate of drug-likeness (QED) is 0.915. The fraction of sp³-hybridized carbons (Fsp3) is 0.214. The van der Waals surface area contributed by atoms with E-state index in [2.05, 4.69) is 4.98 Å². The Balaban J connectivity index is 2.05. The highest BCUT2D eigenvalue weighted by molar-refractivity contribution is 7.10. The van der Waals surface area contributed by atoms with Crippen molar-refractivity contribution in [2.24, 2.45) is 0 Å². The Morgan fingerprint density at radius 3 is 3.10 bits per heavy atom. The molecule has 0 radical (unpaired) electrons. The molecule has 0 bridgehead atoms. The van der Waals surface area contributed by atoms with E-state index in [1.54, 1.807) is 34.4 Å². The first kappa shape index (κ1) is 12.6. The van der Waals surface area contributed by atoms with Crippen LogP contribution in [-0.2, 0) is 11.2 Å². The van der Waals surface area contributed by atoms with Crippen molar-refractivity contribution in [3.05, 3.63) is 45.8 Å². The van der Waals surface area contributed by atoms with Crippen molar-refractivity contribution in [3.63, 3.8) is 0 Å². The zero-order valence-electron chi connectivity index (χ0n) is 10.5. The molecular formula is C14H11N3O2S. The van der Waals surface area contributed by atoms with E-state index in [-0.39, 0.29) is 0 Å². The Morgan fingerprint density at radius 1 is 1.50 bits per heavy atom. The van der Waals surface area contributed by atoms with Crippen molar-refractivity contribution in [2.45, 2.75) is 12.5 Å². The van der Waals surface area contributed by atoms with Gasteiger partial charge in [0, 0.05) is 11.4 Å². The number of aliphatic carboxylic acids is 1. The maximum atomic E-state index is 11.6. The van der Waals surface area contributed by atoms with Gasteiger partial charge in [-0.3, -0.25) is 0 Å². The summed E-state index contributed by atoms with van der Waals surface area (Å²) >= 11 is 1.59. The molecule has 2 aromatic rings. The van der Waals surface area contributed by atoms with Crippen molar-refractivity contribution < 1.29 is 9.90 Å². The molecule has 3 rings (SSSR count). The number of rotatable bonds is 2. The predicted octanol–water partition coefficient (Wildman–Crippen LogP) is 2.20. The summed E-state index contributed by atoms with van der Waals surface area (Å²) in [7, 11) is 0. The molecule has 0 aliphatic carbocycles. The normalized spacial score (nSPS) is 17.4. The van der Waals surface area contributed by atoms with E-state index < -0.39 is 12.0 Å². The Morgan fingerprint density at radius 2 is 2.35 bits per heavy atom. The van der Waals surface area contributed by atoms with Gasteiger partial charge < -0.3 is 10.0 Å². The average molecular weight is 285 g/mol. The largest absolute Gasteiger partial charge is 0.479 e. The molecule has 1 aliphatic rings. The smallest absolute Gasteiger partial charge is 0.331 e. The SMILES string of the molecule is N#Cc1cccc(N2CCc3sccc3C2C(=O)O)n1. The lowest BCUT2D eigenvalue weighted by molar-refractivity contribution is -0.138. The van der Waals surface area contributed by atoms with Crippen LogP contribution in [0.15, 0.2) is 29.6 Å². The first-order valence-corrected chi connectivity index (χ1v) is 7.01. The van der Waals surface area contributed by atoms with Crippen LogP contribution in [0.25, 0.3) is 0 Å². The summed E-state index contributed by atoms with van der Waals surface area (Å²) in [5.74, 6) is -0.359. The highest BCUT2D eigenvalue weighted by Crippen LogP contribution is 2.35. The number of carboxylic acids is 1. The standard InChI is InChI=1S/C14H11N3O2S/c15-8-9-2-1-3-12(16-9)17-6-4-11-10(5-7-20-11)13(17)14(18)19/h1-3,5,7,13H,4,6H2,(H,18,19). The molecule has 6 heteroatoms. The minimum atomic E-state index is -0.895. The summed E-state index contributed by atoms with van der Waals surface area (Å²) in [6.45, 7) is 0.590. The topological polar surface area (TPSA) is 77.2 Å². The highest BCUT2D eigenvalue weighted by Gasteiger charge is 2.34. The molecule has 1 unspecified atom stereocenters. The summed E-state index contributed by atoms with van der Waals surface area (Å²) in [5.41, 5.74) is 1.13. The molecule has 1 aliphatic heterocycles. The van der Waals surface area contributed by atoms with Crippen LogP contribution in [0.4, 0.5) is 5.82 Å². The number of nitriles is 1. The third-order valence-corrected chi connectivity index (χ3v) is 4.34. The maximum Gasteiger partial charge on any atom is 0.331 e. The summed E-state index contributed by atoms with van der Waals surface area (Å²) in [6, 6.07) is 8.19. The van der Waals surface area contributed by atoms with Gasteiger partial charge in [0.1, 0.15) is 17.6 Å². The lowest BCUT2D eigenvalue weighted by atomic mass is 10.00. The molecule has 5 nitrogen and oxygen atoms in total. The van der Waals surface area contributed by atoms with Gasteiger partial charge >= 0.3 is 5.97 Å². The number of nitrogens with zero attached hydrogens (tertiary/aromatic N) is 3. The number of fused-ring (bicyclic) bond motifs is 1. The molecule has 0 saturated carbocycles. The second-order valence-electron chi connectivity index (χ2n) is 4.48. The van der Waals surface area contributed by atoms with Crippen molar-refractivity contribution in [1.82, 2.24) is 4.98 Å². The van der Waals surface area contributed by atoms with Crippen molar-refractivity contribution in [2.75, 3.05) is 11.4 Å². The Labute approximate surface area is 119 Å². The van der Waals surface area contributed by atoms with Crippen molar-refractivity contribution >= 4 is 23.1 Å². The Kier molecular flexibility index (Phi) is 3.12. The van der Waals surface area contributed by atoms with Crippen molar-refractivity contribution in [1.29, 1.82) is 5.26 Å². The number of hydrogen-bond acceptors (Lipinski definition) is 5. The van der Waals surface area contributed by atoms with Crippen LogP contribution >= 0.6 is 11.3 Å². The van der Waals surface area contributed by atoms with E-state index in [4.69, 9.17) is 5.26 Å². The number of hydrogen-bond donors (Lipinski definition) is 1. The minimum absolute atomic E-state index is 0.294. The number of carbonyl (C=O) groups is 1. The molecule has 1 atom stereocenters. The number of anilines is 1. The Bertz CT molecular complexity index is 704. The van der Waals surface area contributed by atoms with Crippen molar-refractivity contribution in [3.8, 4) is 6.07 Å². The van der Waals surface area contributed by atoms with Gasteiger partial charge in [-0.2, -0.15) is 5.26 Å². The van der Waals surface area contributed by atoms with Gasteiger partial charge in [-0.15, -0.1) is 11.3 Å².